The maximum atomic E-state index is 11.6. The average Bonchev–Trinajstić information content (AvgIpc) is 3.10. The molecule has 1 aliphatic heterocycles. The number of nitrogens with zero attached hydrogens (tertiary/aromatic N) is 4. The van der Waals surface area contributed by atoms with Crippen molar-refractivity contribution in [3.63, 3.8) is 0 Å². The summed E-state index contributed by atoms with van der Waals surface area (Å²) in [7, 11) is 0. The van der Waals surface area contributed by atoms with Gasteiger partial charge in [-0.15, -0.1) is 5.11 Å². The summed E-state index contributed by atoms with van der Waals surface area (Å²) in [6, 6.07) is 25.6. The van der Waals surface area contributed by atoms with Crippen LogP contribution in [0.25, 0.3) is 0 Å². The first kappa shape index (κ1) is 34.2. The van der Waals surface area contributed by atoms with Gasteiger partial charge in [-0.2, -0.15) is 5.11 Å². The Bertz CT molecular complexity index is 1630. The van der Waals surface area contributed by atoms with Gasteiger partial charge in [0.05, 0.1) is 74.5 Å². The Hall–Kier alpha value is -5.12. The van der Waals surface area contributed by atoms with E-state index in [1.54, 1.807) is 0 Å². The van der Waals surface area contributed by atoms with Crippen LogP contribution in [0, 0.1) is 20.2 Å². The van der Waals surface area contributed by atoms with Crippen LogP contribution >= 0.6 is 0 Å². The van der Waals surface area contributed by atoms with Gasteiger partial charge in [0.25, 0.3) is 5.69 Å². The van der Waals surface area contributed by atoms with E-state index in [9.17, 15) is 25.3 Å². The third kappa shape index (κ3) is 9.47. The van der Waals surface area contributed by atoms with Crippen LogP contribution in [0.3, 0.4) is 0 Å². The van der Waals surface area contributed by atoms with Gasteiger partial charge in [0.15, 0.2) is 5.69 Å². The van der Waals surface area contributed by atoms with Crippen LogP contribution in [0.4, 0.5) is 22.7 Å². The van der Waals surface area contributed by atoms with Gasteiger partial charge in [-0.1, -0.05) is 60.7 Å². The standard InChI is InChI=1S/C34H34N4O10/c39-34-26-17-28(35-36-30-12-11-29(37(40)41)19-31(30)38(42)43)18-27(34)21-45-14-16-48-33(25-9-5-2-6-10-25)23-46-22-32(47-15-13-44-20-26)24-7-3-1-4-8-24/h1-12,17-19,32-33,39H,13-16,20-23H2/t32-,33+. The summed E-state index contributed by atoms with van der Waals surface area (Å²) in [6.07, 6.45) is -0.721. The maximum absolute atomic E-state index is 11.6. The van der Waals surface area contributed by atoms with E-state index >= 15 is 0 Å². The number of aromatic hydroxyl groups is 1. The van der Waals surface area contributed by atoms with Crippen molar-refractivity contribution in [3.05, 3.63) is 133 Å². The number of benzene rings is 4. The van der Waals surface area contributed by atoms with Crippen LogP contribution in [0.15, 0.2) is 101 Å². The van der Waals surface area contributed by atoms with Crippen LogP contribution < -0.4 is 0 Å². The van der Waals surface area contributed by atoms with E-state index in [-0.39, 0.29) is 82.2 Å². The average molecular weight is 659 g/mol. The molecule has 4 aromatic carbocycles. The van der Waals surface area contributed by atoms with Crippen LogP contribution in [-0.2, 0) is 36.9 Å². The van der Waals surface area contributed by atoms with E-state index in [2.05, 4.69) is 10.2 Å². The second-order valence-electron chi connectivity index (χ2n) is 10.7. The SMILES string of the molecule is O=[N+]([O-])c1ccc(N=Nc2cc3c(O)c(c2)COCCO[C@@H](c2ccccc2)COC[C@@H](c2ccccc2)OCCOC3)c([N+](=O)[O-])c1. The molecule has 1 N–H and O–H groups in total. The molecule has 0 aromatic heterocycles. The molecule has 0 spiro atoms. The van der Waals surface area contributed by atoms with Crippen LogP contribution in [0.1, 0.15) is 34.5 Å². The number of non-ortho nitro benzene ring substituents is 1. The Morgan fingerprint density at radius 3 is 1.69 bits per heavy atom. The van der Waals surface area contributed by atoms with Gasteiger partial charge in [-0.3, -0.25) is 20.2 Å². The Morgan fingerprint density at radius 2 is 1.19 bits per heavy atom. The third-order valence-corrected chi connectivity index (χ3v) is 7.38. The molecule has 0 amide bonds. The minimum absolute atomic E-state index is 0.00238. The molecule has 2 atom stereocenters. The lowest BCUT2D eigenvalue weighted by Crippen LogP contribution is -2.20. The predicted molar refractivity (Wildman–Crippen MR) is 172 cm³/mol. The fourth-order valence-electron chi connectivity index (χ4n) is 4.95. The number of hydrogen-bond acceptors (Lipinski definition) is 12. The van der Waals surface area contributed by atoms with Gasteiger partial charge in [0.1, 0.15) is 18.0 Å². The first-order valence-electron chi connectivity index (χ1n) is 15.1. The van der Waals surface area contributed by atoms with Gasteiger partial charge in [-0.25, -0.2) is 0 Å². The number of nitro groups is 2. The molecular weight excluding hydrogens is 624 g/mol. The zero-order chi connectivity index (χ0) is 33.7. The molecule has 0 saturated heterocycles. The molecule has 5 rings (SSSR count). The van der Waals surface area contributed by atoms with Gasteiger partial charge in [-0.05, 0) is 29.3 Å². The molecule has 4 aromatic rings. The topological polar surface area (TPSA) is 177 Å². The molecule has 0 saturated carbocycles. The fourth-order valence-corrected chi connectivity index (χ4v) is 4.95. The number of phenols is 1. The highest BCUT2D eigenvalue weighted by Gasteiger charge is 2.20. The molecule has 14 heteroatoms. The summed E-state index contributed by atoms with van der Waals surface area (Å²) in [5.41, 5.74) is 1.73. The van der Waals surface area contributed by atoms with Crippen molar-refractivity contribution in [1.29, 1.82) is 0 Å². The molecule has 1 heterocycles. The van der Waals surface area contributed by atoms with E-state index in [0.29, 0.717) is 11.1 Å². The second kappa shape index (κ2) is 17.2. The van der Waals surface area contributed by atoms with Gasteiger partial charge in [0, 0.05) is 17.2 Å². The third-order valence-electron chi connectivity index (χ3n) is 7.38. The summed E-state index contributed by atoms with van der Waals surface area (Å²) in [5, 5.41) is 41.9. The molecule has 0 aliphatic carbocycles. The highest BCUT2D eigenvalue weighted by atomic mass is 16.6. The summed E-state index contributed by atoms with van der Waals surface area (Å²) in [5.74, 6) is -0.0593. The molecular formula is C34H34N4O10. The predicted octanol–water partition coefficient (Wildman–Crippen LogP) is 7.20. The first-order valence-corrected chi connectivity index (χ1v) is 15.1. The van der Waals surface area contributed by atoms with Crippen molar-refractivity contribution in [2.75, 3.05) is 39.6 Å². The molecule has 14 nitrogen and oxygen atoms in total. The van der Waals surface area contributed by atoms with Gasteiger partial charge in [0.2, 0.25) is 0 Å². The molecule has 2 bridgehead atoms. The lowest BCUT2D eigenvalue weighted by molar-refractivity contribution is -0.393. The number of phenolic OH excluding ortho intramolecular Hbond substituents is 1. The number of ether oxygens (including phenoxy) is 5. The van der Waals surface area contributed by atoms with E-state index in [1.165, 1.54) is 12.1 Å². The Kier molecular flexibility index (Phi) is 12.2. The Balaban J connectivity index is 1.37. The zero-order valence-electron chi connectivity index (χ0n) is 25.9. The van der Waals surface area contributed by atoms with Gasteiger partial charge < -0.3 is 28.8 Å². The van der Waals surface area contributed by atoms with Gasteiger partial charge >= 0.3 is 5.69 Å². The van der Waals surface area contributed by atoms with Crippen molar-refractivity contribution >= 4 is 22.7 Å². The van der Waals surface area contributed by atoms with E-state index in [4.69, 9.17) is 23.7 Å². The van der Waals surface area contributed by atoms with Crippen LogP contribution in [0.2, 0.25) is 0 Å². The van der Waals surface area contributed by atoms with Crippen LogP contribution in [0.5, 0.6) is 5.75 Å². The normalized spacial score (nSPS) is 18.5. The largest absolute Gasteiger partial charge is 0.507 e. The molecule has 1 aliphatic rings. The van der Waals surface area contributed by atoms with Crippen molar-refractivity contribution < 1.29 is 38.6 Å². The lowest BCUT2D eigenvalue weighted by atomic mass is 10.1. The van der Waals surface area contributed by atoms with Crippen molar-refractivity contribution in [1.82, 2.24) is 0 Å². The molecule has 0 fully saturated rings. The smallest absolute Gasteiger partial charge is 0.303 e. The van der Waals surface area contributed by atoms with Crippen LogP contribution in [-0.4, -0.2) is 54.6 Å². The molecule has 48 heavy (non-hydrogen) atoms. The highest BCUT2D eigenvalue weighted by Crippen LogP contribution is 2.35. The number of fused-ring (bicyclic) bond motifs is 2. The first-order chi connectivity index (χ1) is 23.4. The number of rotatable bonds is 6. The van der Waals surface area contributed by atoms with E-state index < -0.39 is 21.2 Å². The maximum Gasteiger partial charge on any atom is 0.303 e. The molecule has 0 radical (unpaired) electrons. The fraction of sp³-hybridized carbons (Fsp3) is 0.294. The summed E-state index contributed by atoms with van der Waals surface area (Å²) < 4.78 is 30.1. The minimum Gasteiger partial charge on any atom is -0.507 e. The zero-order valence-corrected chi connectivity index (χ0v) is 25.9. The minimum atomic E-state index is -0.767. The van der Waals surface area contributed by atoms with Crippen molar-refractivity contribution in [2.24, 2.45) is 10.2 Å². The molecule has 0 unspecified atom stereocenters. The van der Waals surface area contributed by atoms with Crippen molar-refractivity contribution in [2.45, 2.75) is 25.4 Å². The number of hydrogen-bond donors (Lipinski definition) is 1. The van der Waals surface area contributed by atoms with E-state index in [0.717, 1.165) is 29.3 Å². The van der Waals surface area contributed by atoms with Crippen molar-refractivity contribution in [3.8, 4) is 5.75 Å². The monoisotopic (exact) mass is 658 g/mol. The second-order valence-corrected chi connectivity index (χ2v) is 10.7. The number of nitro benzene ring substituents is 2. The lowest BCUT2D eigenvalue weighted by Gasteiger charge is -2.22. The molecule has 250 valence electrons. The highest BCUT2D eigenvalue weighted by molar-refractivity contribution is 5.62. The Labute approximate surface area is 275 Å². The summed E-state index contributed by atoms with van der Waals surface area (Å²) in [4.78, 5) is 21.2. The summed E-state index contributed by atoms with van der Waals surface area (Å²) >= 11 is 0. The van der Waals surface area contributed by atoms with E-state index in [1.807, 2.05) is 60.7 Å². The quantitative estimate of drug-likeness (QED) is 0.126. The Morgan fingerprint density at radius 1 is 0.646 bits per heavy atom. The number of azo groups is 1. The summed E-state index contributed by atoms with van der Waals surface area (Å²) in [6.45, 7) is 1.45.